The van der Waals surface area contributed by atoms with E-state index in [2.05, 4.69) is 10.2 Å². The van der Waals surface area contributed by atoms with Gasteiger partial charge in [-0.2, -0.15) is 0 Å². The van der Waals surface area contributed by atoms with Gasteiger partial charge in [0.05, 0.1) is 0 Å². The Hall–Kier alpha value is -1.66. The molecule has 1 aliphatic rings. The number of carbonyl (C=O) groups excluding carboxylic acids is 1. The van der Waals surface area contributed by atoms with E-state index in [4.69, 9.17) is 5.11 Å². The molecule has 0 aliphatic carbocycles. The summed E-state index contributed by atoms with van der Waals surface area (Å²) in [5.74, 6) is -0.955. The van der Waals surface area contributed by atoms with Crippen LogP contribution in [-0.2, 0) is 16.1 Å². The van der Waals surface area contributed by atoms with Crippen LogP contribution in [0.25, 0.3) is 0 Å². The number of hydrogen-bond donors (Lipinski definition) is 2. The number of nitrogens with one attached hydrogen (secondary N) is 1. The Morgan fingerprint density at radius 1 is 1.27 bits per heavy atom. The van der Waals surface area contributed by atoms with Crippen LogP contribution in [0, 0.1) is 18.7 Å². The number of halogens is 2. The molecule has 0 saturated carbocycles. The van der Waals surface area contributed by atoms with Crippen LogP contribution in [0.1, 0.15) is 43.2 Å². The van der Waals surface area contributed by atoms with Crippen molar-refractivity contribution in [2.24, 2.45) is 5.92 Å². The standard InChI is InChI=1S/C19H27FN2O3.ClH/c1-14-5-6-15(12-17(14)20)13-21-19(25)16-7-10-22(11-8-16)9-3-2-4-18(23)24;/h5-6,12,16H,2-4,7-11,13H2,1H3,(H,21,25)(H,23,24);1H. The molecule has 0 radical (unpaired) electrons. The van der Waals surface area contributed by atoms with E-state index < -0.39 is 5.97 Å². The van der Waals surface area contributed by atoms with Crippen molar-refractivity contribution in [3.63, 3.8) is 0 Å². The minimum Gasteiger partial charge on any atom is -0.481 e. The number of rotatable bonds is 8. The number of carboxylic acids is 1. The number of carboxylic acid groups (broad SMARTS) is 1. The maximum Gasteiger partial charge on any atom is 0.303 e. The van der Waals surface area contributed by atoms with E-state index in [0.29, 0.717) is 18.5 Å². The van der Waals surface area contributed by atoms with Gasteiger partial charge in [0.1, 0.15) is 5.82 Å². The molecule has 0 atom stereocenters. The van der Waals surface area contributed by atoms with Crippen molar-refractivity contribution < 1.29 is 19.1 Å². The van der Waals surface area contributed by atoms with Gasteiger partial charge in [-0.05, 0) is 69.4 Å². The van der Waals surface area contributed by atoms with Gasteiger partial charge in [-0.15, -0.1) is 12.4 Å². The monoisotopic (exact) mass is 386 g/mol. The number of likely N-dealkylation sites (tertiary alicyclic amines) is 1. The highest BCUT2D eigenvalue weighted by molar-refractivity contribution is 5.85. The minimum atomic E-state index is -0.746. The molecule has 1 aromatic rings. The topological polar surface area (TPSA) is 69.6 Å². The number of piperidine rings is 1. The lowest BCUT2D eigenvalue weighted by molar-refractivity contribution is -0.137. The molecule has 0 aromatic heterocycles. The lowest BCUT2D eigenvalue weighted by atomic mass is 9.95. The van der Waals surface area contributed by atoms with Crippen LogP contribution in [0.3, 0.4) is 0 Å². The zero-order valence-corrected chi connectivity index (χ0v) is 16.0. The number of amides is 1. The maximum atomic E-state index is 13.5. The predicted octanol–water partition coefficient (Wildman–Crippen LogP) is 3.14. The molecule has 1 saturated heterocycles. The van der Waals surface area contributed by atoms with Gasteiger partial charge in [0, 0.05) is 18.9 Å². The van der Waals surface area contributed by atoms with E-state index in [1.165, 1.54) is 6.07 Å². The fraction of sp³-hybridized carbons (Fsp3) is 0.579. The van der Waals surface area contributed by atoms with Crippen LogP contribution < -0.4 is 5.32 Å². The largest absolute Gasteiger partial charge is 0.481 e. The number of nitrogens with zero attached hydrogens (tertiary/aromatic N) is 1. The summed E-state index contributed by atoms with van der Waals surface area (Å²) < 4.78 is 13.5. The number of benzene rings is 1. The van der Waals surface area contributed by atoms with E-state index in [0.717, 1.165) is 44.5 Å². The molecule has 26 heavy (non-hydrogen) atoms. The molecule has 0 unspecified atom stereocenters. The molecular weight excluding hydrogens is 359 g/mol. The molecular formula is C19H28ClFN2O3. The summed E-state index contributed by atoms with van der Waals surface area (Å²) in [4.78, 5) is 25.1. The molecule has 0 spiro atoms. The molecule has 1 amide bonds. The molecule has 1 fully saturated rings. The quantitative estimate of drug-likeness (QED) is 0.673. The first-order chi connectivity index (χ1) is 12.0. The molecule has 7 heteroatoms. The summed E-state index contributed by atoms with van der Waals surface area (Å²) >= 11 is 0. The third kappa shape index (κ3) is 7.30. The fourth-order valence-electron chi connectivity index (χ4n) is 3.11. The van der Waals surface area contributed by atoms with Gasteiger partial charge in [-0.1, -0.05) is 12.1 Å². The molecule has 1 aromatic carbocycles. The van der Waals surface area contributed by atoms with E-state index >= 15 is 0 Å². The minimum absolute atomic E-state index is 0. The van der Waals surface area contributed by atoms with Crippen LogP contribution in [0.15, 0.2) is 18.2 Å². The second kappa shape index (κ2) is 11.1. The maximum absolute atomic E-state index is 13.5. The van der Waals surface area contributed by atoms with Crippen molar-refractivity contribution >= 4 is 24.3 Å². The van der Waals surface area contributed by atoms with Gasteiger partial charge in [0.15, 0.2) is 0 Å². The molecule has 0 bridgehead atoms. The van der Waals surface area contributed by atoms with Crippen molar-refractivity contribution in [3.8, 4) is 0 Å². The highest BCUT2D eigenvalue weighted by Crippen LogP contribution is 2.18. The van der Waals surface area contributed by atoms with Gasteiger partial charge in [-0.25, -0.2) is 4.39 Å². The number of carbonyl (C=O) groups is 2. The number of aryl methyl sites for hydroxylation is 1. The fourth-order valence-corrected chi connectivity index (χ4v) is 3.11. The first kappa shape index (κ1) is 22.4. The molecule has 2 rings (SSSR count). The number of hydrogen-bond acceptors (Lipinski definition) is 3. The van der Waals surface area contributed by atoms with Gasteiger partial charge in [-0.3, -0.25) is 9.59 Å². The average molecular weight is 387 g/mol. The first-order valence-electron chi connectivity index (χ1n) is 8.92. The highest BCUT2D eigenvalue weighted by atomic mass is 35.5. The molecule has 2 N–H and O–H groups in total. The zero-order valence-electron chi connectivity index (χ0n) is 15.2. The second-order valence-corrected chi connectivity index (χ2v) is 6.77. The SMILES string of the molecule is Cc1ccc(CNC(=O)C2CCN(CCCCC(=O)O)CC2)cc1F.Cl. The van der Waals surface area contributed by atoms with Crippen LogP contribution in [0.5, 0.6) is 0 Å². The van der Waals surface area contributed by atoms with Crippen molar-refractivity contribution in [3.05, 3.63) is 35.1 Å². The summed E-state index contributed by atoms with van der Waals surface area (Å²) in [5.41, 5.74) is 1.37. The van der Waals surface area contributed by atoms with Gasteiger partial charge in [0.2, 0.25) is 5.91 Å². The Kier molecular flexibility index (Phi) is 9.59. The molecule has 146 valence electrons. The van der Waals surface area contributed by atoms with Crippen LogP contribution >= 0.6 is 12.4 Å². The summed E-state index contributed by atoms with van der Waals surface area (Å²) in [5, 5.41) is 11.5. The van der Waals surface area contributed by atoms with Crippen LogP contribution in [0.4, 0.5) is 4.39 Å². The molecule has 1 heterocycles. The van der Waals surface area contributed by atoms with Crippen molar-refractivity contribution in [1.82, 2.24) is 10.2 Å². The normalized spacial score (nSPS) is 15.3. The predicted molar refractivity (Wildman–Crippen MR) is 101 cm³/mol. The van der Waals surface area contributed by atoms with Crippen molar-refractivity contribution in [2.75, 3.05) is 19.6 Å². The van der Waals surface area contributed by atoms with E-state index in [1.807, 2.05) is 6.07 Å². The average Bonchev–Trinajstić information content (AvgIpc) is 2.60. The Morgan fingerprint density at radius 3 is 2.58 bits per heavy atom. The van der Waals surface area contributed by atoms with Gasteiger partial charge >= 0.3 is 5.97 Å². The lowest BCUT2D eigenvalue weighted by Crippen LogP contribution is -2.40. The van der Waals surface area contributed by atoms with Crippen LogP contribution in [0.2, 0.25) is 0 Å². The number of aliphatic carboxylic acids is 1. The Balaban J connectivity index is 0.00000338. The summed E-state index contributed by atoms with van der Waals surface area (Å²) in [6.07, 6.45) is 3.42. The smallest absolute Gasteiger partial charge is 0.303 e. The highest BCUT2D eigenvalue weighted by Gasteiger charge is 2.24. The lowest BCUT2D eigenvalue weighted by Gasteiger charge is -2.31. The van der Waals surface area contributed by atoms with Gasteiger partial charge < -0.3 is 15.3 Å². The Morgan fingerprint density at radius 2 is 1.96 bits per heavy atom. The second-order valence-electron chi connectivity index (χ2n) is 6.77. The zero-order chi connectivity index (χ0) is 18.2. The third-order valence-corrected chi connectivity index (χ3v) is 4.78. The number of unbranched alkanes of at least 4 members (excludes halogenated alkanes) is 1. The van der Waals surface area contributed by atoms with Crippen molar-refractivity contribution in [2.45, 2.75) is 45.6 Å². The van der Waals surface area contributed by atoms with E-state index in [9.17, 15) is 14.0 Å². The Bertz CT molecular complexity index is 604. The molecule has 5 nitrogen and oxygen atoms in total. The van der Waals surface area contributed by atoms with E-state index in [-0.39, 0.29) is 36.5 Å². The van der Waals surface area contributed by atoms with Crippen LogP contribution in [-0.4, -0.2) is 41.5 Å². The summed E-state index contributed by atoms with van der Waals surface area (Å²) in [6.45, 7) is 4.69. The van der Waals surface area contributed by atoms with Gasteiger partial charge in [0.25, 0.3) is 0 Å². The Labute approximate surface area is 160 Å². The molecule has 1 aliphatic heterocycles. The summed E-state index contributed by atoms with van der Waals surface area (Å²) in [6, 6.07) is 5.02. The van der Waals surface area contributed by atoms with E-state index in [1.54, 1.807) is 13.0 Å². The van der Waals surface area contributed by atoms with Crippen molar-refractivity contribution in [1.29, 1.82) is 0 Å². The summed E-state index contributed by atoms with van der Waals surface area (Å²) in [7, 11) is 0. The third-order valence-electron chi connectivity index (χ3n) is 4.78. The first-order valence-corrected chi connectivity index (χ1v) is 8.92.